The summed E-state index contributed by atoms with van der Waals surface area (Å²) in [5.74, 6) is -0.334. The van der Waals surface area contributed by atoms with E-state index in [1.54, 1.807) is 53.2 Å². The van der Waals surface area contributed by atoms with Gasteiger partial charge in [0, 0.05) is 16.1 Å². The molecule has 0 aliphatic rings. The Labute approximate surface area is 159 Å². The van der Waals surface area contributed by atoms with Gasteiger partial charge in [0.05, 0.1) is 23.3 Å². The molecule has 0 aliphatic heterocycles. The Hall–Kier alpha value is -2.57. The van der Waals surface area contributed by atoms with Gasteiger partial charge in [-0.1, -0.05) is 23.7 Å². The highest BCUT2D eigenvalue weighted by atomic mass is 35.5. The van der Waals surface area contributed by atoms with Crippen molar-refractivity contribution in [3.05, 3.63) is 83.4 Å². The first kappa shape index (κ1) is 18.2. The van der Waals surface area contributed by atoms with Crippen LogP contribution in [0.1, 0.15) is 5.69 Å². The largest absolute Gasteiger partial charge is 0.313 e. The van der Waals surface area contributed by atoms with Crippen molar-refractivity contribution >= 4 is 35.5 Å². The number of benzene rings is 2. The van der Waals surface area contributed by atoms with Crippen LogP contribution in [0.5, 0.6) is 0 Å². The lowest BCUT2D eigenvalue weighted by atomic mass is 10.3. The summed E-state index contributed by atoms with van der Waals surface area (Å²) in [5.41, 5.74) is 3.55. The molecular formula is C19H15ClFN3OS. The van der Waals surface area contributed by atoms with E-state index < -0.39 is 0 Å². The fourth-order valence-electron chi connectivity index (χ4n) is 2.25. The standard InChI is InChI=1S/C19H15ClFN3OS/c20-14-7-9-16(10-8-14)26-13-19(25)23-22-12-15-4-3-11-24(15)18-6-2-1-5-17(18)21/h1-12H,13H2,(H,23,25)/b22-12-. The lowest BCUT2D eigenvalue weighted by molar-refractivity contribution is -0.118. The Morgan fingerprint density at radius 1 is 1.15 bits per heavy atom. The van der Waals surface area contributed by atoms with E-state index in [9.17, 15) is 9.18 Å². The van der Waals surface area contributed by atoms with E-state index in [-0.39, 0.29) is 17.5 Å². The first-order valence-electron chi connectivity index (χ1n) is 7.76. The number of hydrogen-bond acceptors (Lipinski definition) is 3. The Kier molecular flexibility index (Phi) is 6.09. The highest BCUT2D eigenvalue weighted by molar-refractivity contribution is 8.00. The quantitative estimate of drug-likeness (QED) is 0.384. The third kappa shape index (κ3) is 4.74. The summed E-state index contributed by atoms with van der Waals surface area (Å²) in [6.45, 7) is 0. The van der Waals surface area contributed by atoms with Crippen LogP contribution in [0.25, 0.3) is 5.69 Å². The Bertz CT molecular complexity index is 925. The maximum absolute atomic E-state index is 13.9. The number of para-hydroxylation sites is 1. The van der Waals surface area contributed by atoms with Crippen molar-refractivity contribution in [3.8, 4) is 5.69 Å². The van der Waals surface area contributed by atoms with Gasteiger partial charge in [-0.3, -0.25) is 4.79 Å². The summed E-state index contributed by atoms with van der Waals surface area (Å²) in [6, 6.07) is 17.3. The molecule has 0 atom stereocenters. The van der Waals surface area contributed by atoms with Crippen LogP contribution >= 0.6 is 23.4 Å². The smallest absolute Gasteiger partial charge is 0.250 e. The van der Waals surface area contributed by atoms with Crippen molar-refractivity contribution in [2.24, 2.45) is 5.10 Å². The molecule has 0 spiro atoms. The Morgan fingerprint density at radius 3 is 2.69 bits per heavy atom. The molecule has 26 heavy (non-hydrogen) atoms. The number of rotatable bonds is 6. The number of nitrogens with zero attached hydrogens (tertiary/aromatic N) is 2. The normalized spacial score (nSPS) is 11.0. The minimum Gasteiger partial charge on any atom is -0.313 e. The zero-order chi connectivity index (χ0) is 18.4. The molecule has 1 heterocycles. The van der Waals surface area contributed by atoms with Gasteiger partial charge in [-0.25, -0.2) is 9.82 Å². The van der Waals surface area contributed by atoms with Crippen LogP contribution in [0.4, 0.5) is 4.39 Å². The zero-order valence-electron chi connectivity index (χ0n) is 13.6. The number of thioether (sulfide) groups is 1. The van der Waals surface area contributed by atoms with Crippen LogP contribution in [-0.2, 0) is 4.79 Å². The highest BCUT2D eigenvalue weighted by Crippen LogP contribution is 2.20. The van der Waals surface area contributed by atoms with Crippen LogP contribution in [0, 0.1) is 5.82 Å². The molecule has 1 aromatic heterocycles. The fraction of sp³-hybridized carbons (Fsp3) is 0.0526. The molecular weight excluding hydrogens is 373 g/mol. The van der Waals surface area contributed by atoms with Gasteiger partial charge in [0.2, 0.25) is 5.91 Å². The molecule has 7 heteroatoms. The summed E-state index contributed by atoms with van der Waals surface area (Å²) in [6.07, 6.45) is 3.22. The van der Waals surface area contributed by atoms with Crippen molar-refractivity contribution in [3.63, 3.8) is 0 Å². The summed E-state index contributed by atoms with van der Waals surface area (Å²) in [5, 5.41) is 4.61. The summed E-state index contributed by atoms with van der Waals surface area (Å²) in [7, 11) is 0. The SMILES string of the molecule is O=C(CSc1ccc(Cl)cc1)N/N=C\c1cccn1-c1ccccc1F. The molecule has 3 aromatic rings. The van der Waals surface area contributed by atoms with Crippen molar-refractivity contribution in [1.29, 1.82) is 0 Å². The molecule has 3 rings (SSSR count). The minimum atomic E-state index is -0.332. The molecule has 0 radical (unpaired) electrons. The number of carbonyl (C=O) groups is 1. The van der Waals surface area contributed by atoms with Crippen LogP contribution < -0.4 is 5.43 Å². The minimum absolute atomic E-state index is 0.229. The van der Waals surface area contributed by atoms with Gasteiger partial charge in [0.1, 0.15) is 5.82 Å². The molecule has 1 amide bonds. The lowest BCUT2D eigenvalue weighted by Crippen LogP contribution is -2.19. The highest BCUT2D eigenvalue weighted by Gasteiger charge is 2.06. The van der Waals surface area contributed by atoms with Crippen LogP contribution in [0.3, 0.4) is 0 Å². The van der Waals surface area contributed by atoms with E-state index in [0.29, 0.717) is 16.4 Å². The molecule has 0 saturated heterocycles. The van der Waals surface area contributed by atoms with Gasteiger partial charge in [-0.15, -0.1) is 11.8 Å². The second-order valence-electron chi connectivity index (χ2n) is 5.29. The van der Waals surface area contributed by atoms with Crippen LogP contribution in [0.15, 0.2) is 76.9 Å². The first-order chi connectivity index (χ1) is 12.6. The number of carbonyl (C=O) groups excluding carboxylic acids is 1. The van der Waals surface area contributed by atoms with Crippen molar-refractivity contribution < 1.29 is 9.18 Å². The van der Waals surface area contributed by atoms with E-state index >= 15 is 0 Å². The molecule has 0 bridgehead atoms. The number of aromatic nitrogens is 1. The number of hydrazone groups is 1. The third-order valence-electron chi connectivity index (χ3n) is 3.46. The van der Waals surface area contributed by atoms with E-state index in [1.165, 1.54) is 24.0 Å². The van der Waals surface area contributed by atoms with Gasteiger partial charge in [0.25, 0.3) is 0 Å². The number of hydrogen-bond donors (Lipinski definition) is 1. The second-order valence-corrected chi connectivity index (χ2v) is 6.78. The molecule has 0 saturated carbocycles. The predicted molar refractivity (Wildman–Crippen MR) is 104 cm³/mol. The molecule has 4 nitrogen and oxygen atoms in total. The zero-order valence-corrected chi connectivity index (χ0v) is 15.2. The van der Waals surface area contributed by atoms with E-state index in [4.69, 9.17) is 11.6 Å². The van der Waals surface area contributed by atoms with Crippen LogP contribution in [-0.4, -0.2) is 22.4 Å². The summed E-state index contributed by atoms with van der Waals surface area (Å²) in [4.78, 5) is 12.8. The predicted octanol–water partition coefficient (Wildman–Crippen LogP) is 4.51. The molecule has 0 aliphatic carbocycles. The second kappa shape index (κ2) is 8.69. The number of amides is 1. The number of halogens is 2. The summed E-state index contributed by atoms with van der Waals surface area (Å²) >= 11 is 7.21. The van der Waals surface area contributed by atoms with Crippen LogP contribution in [0.2, 0.25) is 5.02 Å². The van der Waals surface area contributed by atoms with Gasteiger partial charge >= 0.3 is 0 Å². The molecule has 0 fully saturated rings. The molecule has 1 N–H and O–H groups in total. The van der Waals surface area contributed by atoms with Gasteiger partial charge < -0.3 is 4.57 Å². The van der Waals surface area contributed by atoms with E-state index in [0.717, 1.165) is 4.90 Å². The average Bonchev–Trinajstić information content (AvgIpc) is 3.10. The Balaban J connectivity index is 1.57. The first-order valence-corrected chi connectivity index (χ1v) is 9.12. The van der Waals surface area contributed by atoms with Crippen molar-refractivity contribution in [1.82, 2.24) is 9.99 Å². The Morgan fingerprint density at radius 2 is 1.92 bits per heavy atom. The summed E-state index contributed by atoms with van der Waals surface area (Å²) < 4.78 is 15.6. The van der Waals surface area contributed by atoms with Crippen molar-refractivity contribution in [2.45, 2.75) is 4.90 Å². The van der Waals surface area contributed by atoms with E-state index in [2.05, 4.69) is 10.5 Å². The maximum atomic E-state index is 13.9. The third-order valence-corrected chi connectivity index (χ3v) is 4.73. The topological polar surface area (TPSA) is 46.4 Å². The number of nitrogens with one attached hydrogen (secondary N) is 1. The van der Waals surface area contributed by atoms with Crippen molar-refractivity contribution in [2.75, 3.05) is 5.75 Å². The maximum Gasteiger partial charge on any atom is 0.250 e. The fourth-order valence-corrected chi connectivity index (χ4v) is 3.06. The van der Waals surface area contributed by atoms with E-state index in [1.807, 2.05) is 12.1 Å². The molecule has 0 unspecified atom stereocenters. The van der Waals surface area contributed by atoms with Gasteiger partial charge in [-0.2, -0.15) is 5.10 Å². The van der Waals surface area contributed by atoms with Gasteiger partial charge in [0.15, 0.2) is 0 Å². The monoisotopic (exact) mass is 387 g/mol. The average molecular weight is 388 g/mol. The van der Waals surface area contributed by atoms with Gasteiger partial charge in [-0.05, 0) is 48.5 Å². The molecule has 132 valence electrons. The molecule has 2 aromatic carbocycles. The lowest BCUT2D eigenvalue weighted by Gasteiger charge is -2.07.